The predicted molar refractivity (Wildman–Crippen MR) is 88.2 cm³/mol. The fourth-order valence-electron chi connectivity index (χ4n) is 2.22. The summed E-state index contributed by atoms with van der Waals surface area (Å²) < 4.78 is 0. The van der Waals surface area contributed by atoms with Gasteiger partial charge in [0.15, 0.2) is 0 Å². The zero-order chi connectivity index (χ0) is 13.8. The molecule has 0 saturated carbocycles. The van der Waals surface area contributed by atoms with Gasteiger partial charge in [-0.15, -0.1) is 24.2 Å². The monoisotopic (exact) mass is 354 g/mol. The predicted octanol–water partition coefficient (Wildman–Crippen LogP) is 3.46. The van der Waals surface area contributed by atoms with Crippen molar-refractivity contribution >= 4 is 53.3 Å². The van der Waals surface area contributed by atoms with Gasteiger partial charge in [-0.25, -0.2) is 0 Å². The molecule has 1 aromatic rings. The van der Waals surface area contributed by atoms with Crippen LogP contribution in [0, 0.1) is 0 Å². The zero-order valence-electron chi connectivity index (χ0n) is 10.9. The molecule has 2 N–H and O–H groups in total. The van der Waals surface area contributed by atoms with Crippen molar-refractivity contribution in [1.82, 2.24) is 4.90 Å². The van der Waals surface area contributed by atoms with Gasteiger partial charge in [0, 0.05) is 29.0 Å². The van der Waals surface area contributed by atoms with E-state index in [4.69, 9.17) is 28.9 Å². The van der Waals surface area contributed by atoms with E-state index < -0.39 is 0 Å². The maximum Gasteiger partial charge on any atom is 0.233 e. The molecule has 0 spiro atoms. The van der Waals surface area contributed by atoms with Crippen LogP contribution in [0.15, 0.2) is 23.1 Å². The maximum atomic E-state index is 12.2. The molecule has 0 bridgehead atoms. The minimum absolute atomic E-state index is 0. The van der Waals surface area contributed by atoms with E-state index >= 15 is 0 Å². The smallest absolute Gasteiger partial charge is 0.233 e. The number of amides is 1. The van der Waals surface area contributed by atoms with Gasteiger partial charge in [0.05, 0.1) is 10.8 Å². The molecule has 112 valence electrons. The Morgan fingerprint density at radius 1 is 1.45 bits per heavy atom. The fourth-order valence-corrected chi connectivity index (χ4v) is 3.60. The van der Waals surface area contributed by atoms with Gasteiger partial charge in [-0.3, -0.25) is 4.79 Å². The van der Waals surface area contributed by atoms with Crippen molar-refractivity contribution in [2.45, 2.75) is 23.8 Å². The number of hydrogen-bond acceptors (Lipinski definition) is 3. The highest BCUT2D eigenvalue weighted by Gasteiger charge is 2.27. The Hall–Kier alpha value is -0.130. The van der Waals surface area contributed by atoms with Crippen molar-refractivity contribution in [1.29, 1.82) is 0 Å². The molecule has 1 unspecified atom stereocenters. The first kappa shape index (κ1) is 17.9. The number of benzene rings is 1. The van der Waals surface area contributed by atoms with E-state index in [1.165, 1.54) is 11.8 Å². The van der Waals surface area contributed by atoms with Gasteiger partial charge in [0.2, 0.25) is 5.91 Å². The average molecular weight is 356 g/mol. The highest BCUT2D eigenvalue weighted by molar-refractivity contribution is 8.00. The Kier molecular flexibility index (Phi) is 7.48. The maximum absolute atomic E-state index is 12.2. The molecule has 0 aromatic heterocycles. The Balaban J connectivity index is 0.00000200. The number of hydrogen-bond donors (Lipinski definition) is 1. The molecule has 1 aromatic carbocycles. The first-order valence-electron chi connectivity index (χ1n) is 6.19. The Labute approximate surface area is 139 Å². The molecule has 0 radical (unpaired) electrons. The SMILES string of the molecule is Cl.NCC1CCCN1C(=O)CSc1cc(Cl)ccc1Cl. The molecule has 0 aliphatic carbocycles. The first-order chi connectivity index (χ1) is 9.11. The molecule has 1 saturated heterocycles. The van der Waals surface area contributed by atoms with Crippen molar-refractivity contribution in [3.05, 3.63) is 28.2 Å². The van der Waals surface area contributed by atoms with Crippen LogP contribution < -0.4 is 5.73 Å². The first-order valence-corrected chi connectivity index (χ1v) is 7.93. The summed E-state index contributed by atoms with van der Waals surface area (Å²) in [4.78, 5) is 14.9. The van der Waals surface area contributed by atoms with E-state index in [2.05, 4.69) is 0 Å². The van der Waals surface area contributed by atoms with Gasteiger partial charge in [-0.05, 0) is 31.0 Å². The molecule has 1 fully saturated rings. The number of nitrogens with zero attached hydrogens (tertiary/aromatic N) is 1. The van der Waals surface area contributed by atoms with Crippen molar-refractivity contribution in [3.63, 3.8) is 0 Å². The Morgan fingerprint density at radius 3 is 2.90 bits per heavy atom. The molecule has 1 atom stereocenters. The van der Waals surface area contributed by atoms with E-state index in [9.17, 15) is 4.79 Å². The summed E-state index contributed by atoms with van der Waals surface area (Å²) in [6.45, 7) is 1.35. The fraction of sp³-hybridized carbons (Fsp3) is 0.462. The molecule has 2 rings (SSSR count). The number of carbonyl (C=O) groups excluding carboxylic acids is 1. The van der Waals surface area contributed by atoms with Gasteiger partial charge in [-0.1, -0.05) is 23.2 Å². The van der Waals surface area contributed by atoms with Crippen molar-refractivity contribution in [3.8, 4) is 0 Å². The van der Waals surface area contributed by atoms with Crippen LogP contribution >= 0.6 is 47.4 Å². The summed E-state index contributed by atoms with van der Waals surface area (Å²) in [5.74, 6) is 0.491. The second-order valence-corrected chi connectivity index (χ2v) is 6.34. The third-order valence-corrected chi connectivity index (χ3v) is 4.93. The summed E-state index contributed by atoms with van der Waals surface area (Å²) in [5.41, 5.74) is 5.67. The molecule has 3 nitrogen and oxygen atoms in total. The van der Waals surface area contributed by atoms with Crippen molar-refractivity contribution < 1.29 is 4.79 Å². The quantitative estimate of drug-likeness (QED) is 0.841. The number of likely N-dealkylation sites (tertiary alicyclic amines) is 1. The van der Waals surface area contributed by atoms with E-state index in [1.807, 2.05) is 4.90 Å². The third kappa shape index (κ3) is 4.43. The molecule has 7 heteroatoms. The molecule has 1 aliphatic rings. The highest BCUT2D eigenvalue weighted by atomic mass is 35.5. The summed E-state index contributed by atoms with van der Waals surface area (Å²) in [6, 6.07) is 5.46. The van der Waals surface area contributed by atoms with Gasteiger partial charge >= 0.3 is 0 Å². The molecule has 1 heterocycles. The minimum Gasteiger partial charge on any atom is -0.338 e. The molecular weight excluding hydrogens is 339 g/mol. The minimum atomic E-state index is 0. The van der Waals surface area contributed by atoms with Crippen LogP contribution in [0.5, 0.6) is 0 Å². The molecule has 20 heavy (non-hydrogen) atoms. The lowest BCUT2D eigenvalue weighted by Crippen LogP contribution is -2.40. The number of rotatable bonds is 4. The number of carbonyl (C=O) groups is 1. The van der Waals surface area contributed by atoms with Crippen LogP contribution in [0.3, 0.4) is 0 Å². The lowest BCUT2D eigenvalue weighted by atomic mass is 10.2. The molecular formula is C13H17Cl3N2OS. The van der Waals surface area contributed by atoms with Crippen LogP contribution in [0.25, 0.3) is 0 Å². The molecule has 1 aliphatic heterocycles. The Morgan fingerprint density at radius 2 is 2.20 bits per heavy atom. The summed E-state index contributed by atoms with van der Waals surface area (Å²) in [5, 5.41) is 1.25. The van der Waals surface area contributed by atoms with Gasteiger partial charge < -0.3 is 10.6 Å². The highest BCUT2D eigenvalue weighted by Crippen LogP contribution is 2.30. The van der Waals surface area contributed by atoms with E-state index in [0.717, 1.165) is 24.3 Å². The lowest BCUT2D eigenvalue weighted by molar-refractivity contribution is -0.128. The standard InChI is InChI=1S/C13H16Cl2N2OS.ClH/c14-9-3-4-11(15)12(6-9)19-8-13(18)17-5-1-2-10(17)7-16;/h3-4,6,10H,1-2,5,7-8,16H2;1H. The topological polar surface area (TPSA) is 46.3 Å². The van der Waals surface area contributed by atoms with Crippen LogP contribution in [0.1, 0.15) is 12.8 Å². The Bertz CT molecular complexity index is 473. The van der Waals surface area contributed by atoms with E-state index in [1.54, 1.807) is 18.2 Å². The van der Waals surface area contributed by atoms with Gasteiger partial charge in [-0.2, -0.15) is 0 Å². The normalized spacial score (nSPS) is 17.9. The zero-order valence-corrected chi connectivity index (χ0v) is 14.0. The lowest BCUT2D eigenvalue weighted by Gasteiger charge is -2.23. The van der Waals surface area contributed by atoms with Crippen LogP contribution in [-0.4, -0.2) is 35.7 Å². The number of halogens is 3. The van der Waals surface area contributed by atoms with Gasteiger partial charge in [0.1, 0.15) is 0 Å². The summed E-state index contributed by atoms with van der Waals surface area (Å²) in [7, 11) is 0. The summed E-state index contributed by atoms with van der Waals surface area (Å²) >= 11 is 13.4. The third-order valence-electron chi connectivity index (χ3n) is 3.21. The molecule has 1 amide bonds. The van der Waals surface area contributed by atoms with E-state index in [-0.39, 0.29) is 24.4 Å². The largest absolute Gasteiger partial charge is 0.338 e. The van der Waals surface area contributed by atoms with Crippen LogP contribution in [0.4, 0.5) is 0 Å². The van der Waals surface area contributed by atoms with Crippen molar-refractivity contribution in [2.24, 2.45) is 5.73 Å². The second kappa shape index (κ2) is 8.35. The van der Waals surface area contributed by atoms with Gasteiger partial charge in [0.25, 0.3) is 0 Å². The van der Waals surface area contributed by atoms with Crippen LogP contribution in [-0.2, 0) is 4.79 Å². The number of thioether (sulfide) groups is 1. The number of nitrogens with two attached hydrogens (primary N) is 1. The van der Waals surface area contributed by atoms with Crippen molar-refractivity contribution in [2.75, 3.05) is 18.8 Å². The second-order valence-electron chi connectivity index (χ2n) is 4.48. The van der Waals surface area contributed by atoms with E-state index in [0.29, 0.717) is 22.3 Å². The average Bonchev–Trinajstić information content (AvgIpc) is 2.88. The summed E-state index contributed by atoms with van der Waals surface area (Å²) in [6.07, 6.45) is 2.04. The van der Waals surface area contributed by atoms with Crippen LogP contribution in [0.2, 0.25) is 10.0 Å².